The molecule has 2 atom stereocenters. The Hall–Kier alpha value is -8.39. The van der Waals surface area contributed by atoms with E-state index < -0.39 is 0 Å². The Morgan fingerprint density at radius 2 is 0.877 bits per heavy atom. The molecular formula is C67H63B2N6O4P2. The summed E-state index contributed by atoms with van der Waals surface area (Å²) in [7, 11) is 8.44. The average molecular weight is 1100 g/mol. The standard InChI is InChI=1S/C26H20N2.C24H22N2O.C16H14N2O3.CH5BP.BH2P/c1-17-15-23(19-9-5-3-6-10-19)21-13-14-22-24(20-11-7-4-8-12-20)16-18(2)28-26(22)25(21)27-17;1-24(2,3)21-15-13-20(14-16-21)23-26-25-22(27-23)19-11-9-18(10-12-19)17-7-5-4-6-8-17;1-20-14-7-3-6-13(9-14)16-18-17-15(21-16)12-5-2-4-11(8-12)10-19;1-2-3;1-2/h3-16H,1-2H3;4-16H,1-3H3;2-9,19H,10H2,1H3;3H2,1H3;2H2/i;;;;2D. The fourth-order valence-electron chi connectivity index (χ4n) is 8.96. The van der Waals surface area contributed by atoms with E-state index in [1.165, 1.54) is 33.4 Å². The van der Waals surface area contributed by atoms with Gasteiger partial charge in [0.15, 0.2) is 0 Å². The number of ether oxygens (including phenoxy) is 1. The second-order valence-corrected chi connectivity index (χ2v) is 20.4. The van der Waals surface area contributed by atoms with Crippen molar-refractivity contribution in [2.24, 2.45) is 0 Å². The van der Waals surface area contributed by atoms with Crippen molar-refractivity contribution in [3.63, 3.8) is 0 Å². The van der Waals surface area contributed by atoms with Crippen molar-refractivity contribution in [1.29, 1.82) is 1.28 Å². The van der Waals surface area contributed by atoms with Gasteiger partial charge in [-0.25, -0.2) is 0 Å². The molecule has 0 saturated carbocycles. The van der Waals surface area contributed by atoms with Crippen LogP contribution in [-0.4, -0.2) is 58.4 Å². The highest BCUT2D eigenvalue weighted by Crippen LogP contribution is 2.37. The second kappa shape index (κ2) is 28.2. The van der Waals surface area contributed by atoms with Crippen molar-refractivity contribution in [1.82, 2.24) is 30.4 Å². The van der Waals surface area contributed by atoms with Gasteiger partial charge in [-0.05, 0) is 131 Å². The van der Waals surface area contributed by atoms with Crippen LogP contribution in [0, 0.1) is 13.8 Å². The highest BCUT2D eigenvalue weighted by atomic mass is 31.0. The predicted molar refractivity (Wildman–Crippen MR) is 341 cm³/mol. The summed E-state index contributed by atoms with van der Waals surface area (Å²) in [6.45, 7) is 14.6. The van der Waals surface area contributed by atoms with Gasteiger partial charge in [0, 0.05) is 45.7 Å². The summed E-state index contributed by atoms with van der Waals surface area (Å²) in [4.78, 5) is 9.81. The Kier molecular flexibility index (Phi) is 19.9. The molecular weight excluding hydrogens is 1040 g/mol. The van der Waals surface area contributed by atoms with Gasteiger partial charge in [-0.3, -0.25) is 9.97 Å². The smallest absolute Gasteiger partial charge is 0.248 e. The molecule has 4 heterocycles. The van der Waals surface area contributed by atoms with Crippen LogP contribution in [-0.2, 0) is 12.0 Å². The number of hydrogen-bond donors (Lipinski definition) is 1. The molecule has 81 heavy (non-hydrogen) atoms. The van der Waals surface area contributed by atoms with Crippen LogP contribution in [0.4, 0.5) is 0 Å². The molecule has 8 aromatic carbocycles. The van der Waals surface area contributed by atoms with E-state index in [2.05, 4.69) is 181 Å². The number of fused-ring (bicyclic) bond motifs is 3. The SMILES string of the molecule is CC(C)(C)c1ccc(-c2nnc(-c3ccc(-c4ccccc4)cc3)o2)cc1.COc1cccc(-c2nnc(-c3cccc(CO)c3)o2)c1.C[B]P.Cc1cc(-c2ccccc2)c2ccc3c(-c4ccccc4)cc(C)nc3c2n1.[2H]P[B]. The number of aromatic nitrogens is 6. The van der Waals surface area contributed by atoms with Crippen molar-refractivity contribution in [2.45, 2.75) is 53.5 Å². The van der Waals surface area contributed by atoms with Gasteiger partial charge in [-0.15, -0.1) is 20.4 Å². The van der Waals surface area contributed by atoms with Crippen molar-refractivity contribution in [3.05, 3.63) is 235 Å². The molecule has 401 valence electrons. The van der Waals surface area contributed by atoms with Crippen LogP contribution in [0.2, 0.25) is 6.82 Å². The van der Waals surface area contributed by atoms with E-state index >= 15 is 0 Å². The molecule has 14 heteroatoms. The Labute approximate surface area is 482 Å². The van der Waals surface area contributed by atoms with Crippen LogP contribution < -0.4 is 4.74 Å². The zero-order valence-electron chi connectivity index (χ0n) is 47.5. The van der Waals surface area contributed by atoms with Gasteiger partial charge >= 0.3 is 0 Å². The van der Waals surface area contributed by atoms with E-state index in [1.807, 2.05) is 117 Å². The normalized spacial score (nSPS) is 11.0. The summed E-state index contributed by atoms with van der Waals surface area (Å²) in [5.74, 6) is 2.65. The predicted octanol–water partition coefficient (Wildman–Crippen LogP) is 16.5. The van der Waals surface area contributed by atoms with Crippen LogP contribution in [0.3, 0.4) is 0 Å². The van der Waals surface area contributed by atoms with Gasteiger partial charge in [0.05, 0.1) is 32.3 Å². The number of aryl methyl sites for hydroxylation is 2. The molecule has 10 nitrogen and oxygen atoms in total. The molecule has 12 aromatic rings. The lowest BCUT2D eigenvalue weighted by molar-refractivity contribution is 0.282. The molecule has 0 fully saturated rings. The Morgan fingerprint density at radius 1 is 0.506 bits per heavy atom. The molecule has 0 aliphatic carbocycles. The summed E-state index contributed by atoms with van der Waals surface area (Å²) >= 11 is 0. The molecule has 3 radical (unpaired) electrons. The Bertz CT molecular complexity index is 3790. The third-order valence-electron chi connectivity index (χ3n) is 12.9. The summed E-state index contributed by atoms with van der Waals surface area (Å²) in [6.07, 6.45) is 0. The molecule has 4 aromatic heterocycles. The molecule has 0 aliphatic rings. The van der Waals surface area contributed by atoms with E-state index in [1.54, 1.807) is 7.11 Å². The number of aliphatic hydroxyl groups excluding tert-OH is 1. The first-order valence-electron chi connectivity index (χ1n) is 26.8. The number of benzene rings is 8. The number of hydrogen-bond acceptors (Lipinski definition) is 10. The molecule has 0 bridgehead atoms. The van der Waals surface area contributed by atoms with Crippen LogP contribution in [0.1, 0.15) is 43.3 Å². The zero-order valence-corrected chi connectivity index (χ0v) is 48.7. The van der Waals surface area contributed by atoms with E-state index in [0.29, 0.717) is 23.6 Å². The Morgan fingerprint density at radius 3 is 1.31 bits per heavy atom. The van der Waals surface area contributed by atoms with Crippen LogP contribution in [0.25, 0.3) is 101 Å². The van der Waals surface area contributed by atoms with Crippen molar-refractivity contribution in [3.8, 4) is 84.9 Å². The molecule has 0 amide bonds. The van der Waals surface area contributed by atoms with E-state index in [-0.39, 0.29) is 21.1 Å². The first-order valence-corrected chi connectivity index (χ1v) is 27.6. The molecule has 12 rings (SSSR count). The molecule has 2 unspecified atom stereocenters. The van der Waals surface area contributed by atoms with Gasteiger partial charge in [-0.1, -0.05) is 173 Å². The van der Waals surface area contributed by atoms with E-state index in [9.17, 15) is 0 Å². The first kappa shape index (κ1) is 57.3. The maximum Gasteiger partial charge on any atom is 0.248 e. The highest BCUT2D eigenvalue weighted by molar-refractivity contribution is 7.55. The second-order valence-electron chi connectivity index (χ2n) is 19.7. The van der Waals surface area contributed by atoms with E-state index in [0.717, 1.165) is 72.3 Å². The third-order valence-corrected chi connectivity index (χ3v) is 12.9. The monoisotopic (exact) mass is 1100 g/mol. The minimum Gasteiger partial charge on any atom is -0.497 e. The van der Waals surface area contributed by atoms with Gasteiger partial charge in [0.1, 0.15) is 12.7 Å². The largest absolute Gasteiger partial charge is 0.497 e. The summed E-state index contributed by atoms with van der Waals surface area (Å²) < 4.78 is 22.8. The number of pyridine rings is 2. The lowest BCUT2D eigenvalue weighted by atomic mass is 9.87. The topological polar surface area (TPSA) is 133 Å². The van der Waals surface area contributed by atoms with Gasteiger partial charge in [0.2, 0.25) is 23.6 Å². The number of aliphatic hydroxyl groups is 1. The van der Waals surface area contributed by atoms with Gasteiger partial charge < -0.3 is 18.7 Å². The molecule has 0 saturated heterocycles. The quantitative estimate of drug-likeness (QED) is 0.0846. The highest BCUT2D eigenvalue weighted by Gasteiger charge is 2.17. The van der Waals surface area contributed by atoms with Gasteiger partial charge in [-0.2, -0.15) is 18.2 Å². The van der Waals surface area contributed by atoms with Crippen LogP contribution >= 0.6 is 18.2 Å². The average Bonchev–Trinajstić information content (AvgIpc) is 4.26. The number of methoxy groups -OCH3 is 1. The minimum absolute atomic E-state index is 0.0231. The number of nitrogens with zero attached hydrogens (tertiary/aromatic N) is 6. The molecule has 0 spiro atoms. The lowest BCUT2D eigenvalue weighted by Crippen LogP contribution is -2.10. The van der Waals surface area contributed by atoms with Crippen LogP contribution in [0.5, 0.6) is 5.75 Å². The van der Waals surface area contributed by atoms with Crippen LogP contribution in [0.15, 0.2) is 221 Å². The zero-order chi connectivity index (χ0) is 58.0. The van der Waals surface area contributed by atoms with Crippen molar-refractivity contribution in [2.75, 3.05) is 7.11 Å². The fourth-order valence-corrected chi connectivity index (χ4v) is 8.96. The third kappa shape index (κ3) is 14.9. The lowest BCUT2D eigenvalue weighted by Gasteiger charge is -2.18. The van der Waals surface area contributed by atoms with Crippen molar-refractivity contribution >= 4 is 54.6 Å². The number of rotatable bonds is 9. The van der Waals surface area contributed by atoms with Gasteiger partial charge in [0.25, 0.3) is 0 Å². The molecule has 0 aliphatic heterocycles. The maximum atomic E-state index is 9.17. The first-order chi connectivity index (χ1) is 39.8. The fraction of sp³-hybridized carbons (Fsp3) is 0.134. The summed E-state index contributed by atoms with van der Waals surface area (Å²) in [6, 6.07) is 71.3. The minimum atomic E-state index is -0.167. The van der Waals surface area contributed by atoms with Crippen molar-refractivity contribution < 1.29 is 18.7 Å². The maximum absolute atomic E-state index is 9.17. The molecule has 1 N–H and O–H groups in total. The Balaban J connectivity index is 0.000000155. The summed E-state index contributed by atoms with van der Waals surface area (Å²) in [5, 5.41) is 28.0. The van der Waals surface area contributed by atoms with E-state index in [4.69, 9.17) is 29.9 Å². The summed E-state index contributed by atoms with van der Waals surface area (Å²) in [5.41, 5.74) is 16.7.